The Bertz CT molecular complexity index is 551. The van der Waals surface area contributed by atoms with Crippen molar-refractivity contribution in [2.45, 2.75) is 25.8 Å². The molecule has 3 heteroatoms. The Morgan fingerprint density at radius 1 is 1.10 bits per heavy atom. The lowest BCUT2D eigenvalue weighted by Gasteiger charge is -2.14. The third-order valence-corrected chi connectivity index (χ3v) is 3.44. The van der Waals surface area contributed by atoms with Crippen molar-refractivity contribution in [1.29, 1.82) is 0 Å². The number of aryl methyl sites for hydroxylation is 1. The van der Waals surface area contributed by atoms with Gasteiger partial charge in [-0.2, -0.15) is 0 Å². The van der Waals surface area contributed by atoms with Crippen molar-refractivity contribution in [2.75, 3.05) is 0 Å². The molecule has 1 atom stereocenters. The Morgan fingerprint density at radius 2 is 1.75 bits per heavy atom. The minimum Gasteiger partial charge on any atom is -0.350 e. The van der Waals surface area contributed by atoms with E-state index in [0.717, 1.165) is 12.8 Å². The largest absolute Gasteiger partial charge is 0.350 e. The van der Waals surface area contributed by atoms with Gasteiger partial charge in [-0.05, 0) is 49.6 Å². The molecule has 0 spiro atoms. The van der Waals surface area contributed by atoms with Crippen molar-refractivity contribution in [3.8, 4) is 0 Å². The summed E-state index contributed by atoms with van der Waals surface area (Å²) in [5.74, 6) is -0.0535. The molecule has 2 aromatic rings. The molecule has 0 saturated carbocycles. The molecule has 2 aromatic carbocycles. The van der Waals surface area contributed by atoms with E-state index in [2.05, 4.69) is 17.4 Å². The van der Waals surface area contributed by atoms with Gasteiger partial charge in [0.1, 0.15) is 0 Å². The van der Waals surface area contributed by atoms with E-state index in [1.165, 1.54) is 5.56 Å². The monoisotopic (exact) mass is 287 g/mol. The molecule has 0 radical (unpaired) electrons. The maximum atomic E-state index is 12.0. The second-order valence-corrected chi connectivity index (χ2v) is 5.34. The fourth-order valence-electron chi connectivity index (χ4n) is 2.01. The third kappa shape index (κ3) is 4.39. The second-order valence-electron chi connectivity index (χ2n) is 4.91. The summed E-state index contributed by atoms with van der Waals surface area (Å²) in [6.45, 7) is 2.02. The summed E-state index contributed by atoms with van der Waals surface area (Å²) < 4.78 is 0. The van der Waals surface area contributed by atoms with Gasteiger partial charge in [0.05, 0.1) is 0 Å². The standard InChI is InChI=1S/C17H18ClNO/c1-13(7-8-14-5-3-2-4-6-14)19-17(20)15-9-11-16(18)12-10-15/h2-6,9-13H,7-8H2,1H3,(H,19,20)/t13-/m0/s1. The van der Waals surface area contributed by atoms with E-state index in [9.17, 15) is 4.79 Å². The zero-order valence-electron chi connectivity index (χ0n) is 11.5. The number of rotatable bonds is 5. The number of halogens is 1. The molecule has 0 aliphatic rings. The van der Waals surface area contributed by atoms with Crippen LogP contribution in [-0.2, 0) is 6.42 Å². The minimum atomic E-state index is -0.0535. The topological polar surface area (TPSA) is 29.1 Å². The van der Waals surface area contributed by atoms with Crippen molar-refractivity contribution in [2.24, 2.45) is 0 Å². The Hall–Kier alpha value is -1.80. The Kier molecular flexibility index (Phi) is 5.19. The first kappa shape index (κ1) is 14.6. The lowest BCUT2D eigenvalue weighted by Crippen LogP contribution is -2.32. The van der Waals surface area contributed by atoms with Gasteiger partial charge in [-0.25, -0.2) is 0 Å². The van der Waals surface area contributed by atoms with E-state index in [4.69, 9.17) is 11.6 Å². The predicted molar refractivity (Wildman–Crippen MR) is 83.1 cm³/mol. The van der Waals surface area contributed by atoms with Crippen LogP contribution in [0.1, 0.15) is 29.3 Å². The molecule has 104 valence electrons. The van der Waals surface area contributed by atoms with Gasteiger partial charge in [0.15, 0.2) is 0 Å². The van der Waals surface area contributed by atoms with E-state index in [0.29, 0.717) is 10.6 Å². The smallest absolute Gasteiger partial charge is 0.251 e. The summed E-state index contributed by atoms with van der Waals surface area (Å²) in [7, 11) is 0. The van der Waals surface area contributed by atoms with Crippen LogP contribution in [0.2, 0.25) is 5.02 Å². The summed E-state index contributed by atoms with van der Waals surface area (Å²) in [4.78, 5) is 12.0. The zero-order chi connectivity index (χ0) is 14.4. The number of amides is 1. The second kappa shape index (κ2) is 7.11. The molecule has 0 aliphatic heterocycles. The molecule has 0 bridgehead atoms. The third-order valence-electron chi connectivity index (χ3n) is 3.19. The van der Waals surface area contributed by atoms with Crippen molar-refractivity contribution in [1.82, 2.24) is 5.32 Å². The van der Waals surface area contributed by atoms with Gasteiger partial charge in [-0.3, -0.25) is 4.79 Å². The molecule has 2 nitrogen and oxygen atoms in total. The molecule has 0 unspecified atom stereocenters. The van der Waals surface area contributed by atoms with Gasteiger partial charge in [0, 0.05) is 16.6 Å². The lowest BCUT2D eigenvalue weighted by molar-refractivity contribution is 0.0938. The summed E-state index contributed by atoms with van der Waals surface area (Å²) in [6, 6.07) is 17.4. The summed E-state index contributed by atoms with van der Waals surface area (Å²) in [5, 5.41) is 3.64. The summed E-state index contributed by atoms with van der Waals surface area (Å²) >= 11 is 5.81. The maximum absolute atomic E-state index is 12.0. The highest BCUT2D eigenvalue weighted by Gasteiger charge is 2.09. The van der Waals surface area contributed by atoms with E-state index in [1.54, 1.807) is 24.3 Å². The number of carbonyl (C=O) groups excluding carboxylic acids is 1. The van der Waals surface area contributed by atoms with Crippen molar-refractivity contribution in [3.05, 3.63) is 70.7 Å². The fraction of sp³-hybridized carbons (Fsp3) is 0.235. The molecule has 1 amide bonds. The number of nitrogens with one attached hydrogen (secondary N) is 1. The quantitative estimate of drug-likeness (QED) is 0.882. The molecule has 20 heavy (non-hydrogen) atoms. The van der Waals surface area contributed by atoms with Gasteiger partial charge in [-0.15, -0.1) is 0 Å². The molecular weight excluding hydrogens is 270 g/mol. The van der Waals surface area contributed by atoms with E-state index < -0.39 is 0 Å². The van der Waals surface area contributed by atoms with E-state index in [-0.39, 0.29) is 11.9 Å². The average Bonchev–Trinajstić information content (AvgIpc) is 2.47. The number of benzene rings is 2. The van der Waals surface area contributed by atoms with Crippen LogP contribution in [0.3, 0.4) is 0 Å². The fourth-order valence-corrected chi connectivity index (χ4v) is 2.13. The molecule has 0 fully saturated rings. The van der Waals surface area contributed by atoms with E-state index >= 15 is 0 Å². The average molecular weight is 288 g/mol. The van der Waals surface area contributed by atoms with Crippen LogP contribution < -0.4 is 5.32 Å². The first-order valence-electron chi connectivity index (χ1n) is 6.75. The first-order chi connectivity index (χ1) is 9.65. The van der Waals surface area contributed by atoms with Crippen molar-refractivity contribution >= 4 is 17.5 Å². The number of hydrogen-bond donors (Lipinski definition) is 1. The first-order valence-corrected chi connectivity index (χ1v) is 7.13. The normalized spacial score (nSPS) is 11.9. The van der Waals surface area contributed by atoms with Gasteiger partial charge in [-0.1, -0.05) is 41.9 Å². The van der Waals surface area contributed by atoms with Gasteiger partial charge < -0.3 is 5.32 Å². The molecule has 0 aliphatic carbocycles. The lowest BCUT2D eigenvalue weighted by atomic mass is 10.1. The molecule has 2 rings (SSSR count). The highest BCUT2D eigenvalue weighted by Crippen LogP contribution is 2.10. The van der Waals surface area contributed by atoms with Crippen LogP contribution in [0.4, 0.5) is 0 Å². The van der Waals surface area contributed by atoms with Gasteiger partial charge in [0.2, 0.25) is 0 Å². The van der Waals surface area contributed by atoms with Gasteiger partial charge >= 0.3 is 0 Å². The summed E-state index contributed by atoms with van der Waals surface area (Å²) in [6.07, 6.45) is 1.88. The van der Waals surface area contributed by atoms with Crippen molar-refractivity contribution in [3.63, 3.8) is 0 Å². The number of hydrogen-bond acceptors (Lipinski definition) is 1. The van der Waals surface area contributed by atoms with Crippen LogP contribution in [0.15, 0.2) is 54.6 Å². The van der Waals surface area contributed by atoms with Gasteiger partial charge in [0.25, 0.3) is 5.91 Å². The molecule has 0 heterocycles. The van der Waals surface area contributed by atoms with Crippen LogP contribution in [-0.4, -0.2) is 11.9 Å². The zero-order valence-corrected chi connectivity index (χ0v) is 12.2. The Morgan fingerprint density at radius 3 is 2.40 bits per heavy atom. The minimum absolute atomic E-state index is 0.0535. The molecule has 1 N–H and O–H groups in total. The van der Waals surface area contributed by atoms with Crippen LogP contribution in [0.5, 0.6) is 0 Å². The molecular formula is C17H18ClNO. The highest BCUT2D eigenvalue weighted by molar-refractivity contribution is 6.30. The Labute approximate surface area is 124 Å². The van der Waals surface area contributed by atoms with E-state index in [1.807, 2.05) is 25.1 Å². The Balaban J connectivity index is 1.83. The molecule has 0 saturated heterocycles. The summed E-state index contributed by atoms with van der Waals surface area (Å²) in [5.41, 5.74) is 1.93. The van der Waals surface area contributed by atoms with Crippen molar-refractivity contribution < 1.29 is 4.79 Å². The number of carbonyl (C=O) groups is 1. The van der Waals surface area contributed by atoms with Crippen LogP contribution >= 0.6 is 11.6 Å². The molecule has 0 aromatic heterocycles. The highest BCUT2D eigenvalue weighted by atomic mass is 35.5. The van der Waals surface area contributed by atoms with Crippen LogP contribution in [0.25, 0.3) is 0 Å². The maximum Gasteiger partial charge on any atom is 0.251 e. The van der Waals surface area contributed by atoms with Crippen LogP contribution in [0, 0.1) is 0 Å². The SMILES string of the molecule is C[C@@H](CCc1ccccc1)NC(=O)c1ccc(Cl)cc1. The predicted octanol–water partition coefficient (Wildman–Crippen LogP) is 4.09.